The largest absolute Gasteiger partial charge is 0.444 e. The molecule has 4 rings (SSSR count). The van der Waals surface area contributed by atoms with Gasteiger partial charge in [-0.05, 0) is 50.0 Å². The van der Waals surface area contributed by atoms with Crippen LogP contribution in [0.4, 0.5) is 0 Å². The molecule has 4 heteroatoms. The molecular formula is C29H37NO3. The average molecular weight is 448 g/mol. The van der Waals surface area contributed by atoms with Crippen molar-refractivity contribution < 1.29 is 14.3 Å². The number of rotatable bonds is 2. The molecule has 2 aliphatic heterocycles. The Bertz CT molecular complexity index is 947. The molecule has 0 aromatic heterocycles. The van der Waals surface area contributed by atoms with Crippen molar-refractivity contribution in [1.29, 1.82) is 0 Å². The van der Waals surface area contributed by atoms with Gasteiger partial charge in [0.05, 0.1) is 0 Å². The number of benzene rings is 1. The molecule has 4 nitrogen and oxygen atoms in total. The predicted molar refractivity (Wildman–Crippen MR) is 131 cm³/mol. The standard InChI is InChI=1S/C29H37NO3/c1-20-12-7-4-5-10-17-26(31)33-29-24(16-11-13-20)18-21(2)22(3)27(29)25(30-28(29)32)19-23-14-8-6-9-15-23/h6,8-11,14-18,20,22,24-25,27H,4-5,7,12-13,19H2,1-3H3,(H,30,32)/b16-11+,17-10+/t20-,22-,24+,25+,27+,29-/m1/s1. The Kier molecular flexibility index (Phi) is 7.21. The zero-order chi connectivity index (χ0) is 23.4. The van der Waals surface area contributed by atoms with Gasteiger partial charge in [-0.3, -0.25) is 4.79 Å². The third-order valence-electron chi connectivity index (χ3n) is 7.82. The van der Waals surface area contributed by atoms with Crippen molar-refractivity contribution in [3.63, 3.8) is 0 Å². The molecule has 1 aliphatic carbocycles. The van der Waals surface area contributed by atoms with E-state index < -0.39 is 11.6 Å². The summed E-state index contributed by atoms with van der Waals surface area (Å²) in [4.78, 5) is 26.7. The lowest BCUT2D eigenvalue weighted by Crippen LogP contribution is -2.56. The summed E-state index contributed by atoms with van der Waals surface area (Å²) in [6.45, 7) is 6.58. The number of hydrogen-bond acceptors (Lipinski definition) is 3. The van der Waals surface area contributed by atoms with Crippen LogP contribution in [0, 0.1) is 23.7 Å². The fourth-order valence-corrected chi connectivity index (χ4v) is 5.89. The molecule has 0 unspecified atom stereocenters. The second-order valence-corrected chi connectivity index (χ2v) is 10.2. The minimum absolute atomic E-state index is 0.0935. The van der Waals surface area contributed by atoms with Crippen LogP contribution in [0.15, 0.2) is 66.3 Å². The van der Waals surface area contributed by atoms with Gasteiger partial charge in [-0.15, -0.1) is 0 Å². The van der Waals surface area contributed by atoms with Crippen molar-refractivity contribution in [1.82, 2.24) is 5.32 Å². The number of amides is 1. The van der Waals surface area contributed by atoms with E-state index >= 15 is 0 Å². The Labute approximate surface area is 198 Å². The highest BCUT2D eigenvalue weighted by Crippen LogP contribution is 2.50. The van der Waals surface area contributed by atoms with Crippen LogP contribution in [0.2, 0.25) is 0 Å². The SMILES string of the molecule is CC1=C[C@@H]2/C=C/C[C@H](C)CCCC/C=C/C(=O)O[C@]23C(=O)N[C@@H](Cc2ccccc2)[C@@H]3[C@@H]1C. The molecule has 3 aliphatic rings. The first-order chi connectivity index (χ1) is 15.9. The zero-order valence-corrected chi connectivity index (χ0v) is 20.1. The molecule has 1 aromatic carbocycles. The van der Waals surface area contributed by atoms with Gasteiger partial charge in [0.25, 0.3) is 5.91 Å². The summed E-state index contributed by atoms with van der Waals surface area (Å²) in [5.41, 5.74) is 1.21. The van der Waals surface area contributed by atoms with E-state index in [1.54, 1.807) is 0 Å². The molecule has 1 N–H and O–H groups in total. The second kappa shape index (κ2) is 10.1. The van der Waals surface area contributed by atoms with Crippen LogP contribution in [-0.2, 0) is 20.7 Å². The first-order valence-electron chi connectivity index (χ1n) is 12.5. The van der Waals surface area contributed by atoms with E-state index in [4.69, 9.17) is 4.74 Å². The van der Waals surface area contributed by atoms with Crippen molar-refractivity contribution in [2.75, 3.05) is 0 Å². The Hall–Kier alpha value is -2.62. The van der Waals surface area contributed by atoms with Crippen molar-refractivity contribution in [2.45, 2.75) is 70.9 Å². The minimum Gasteiger partial charge on any atom is -0.444 e. The highest BCUT2D eigenvalue weighted by molar-refractivity contribution is 5.94. The minimum atomic E-state index is -1.22. The molecule has 1 aromatic rings. The number of carbonyl (C=O) groups is 2. The van der Waals surface area contributed by atoms with Crippen molar-refractivity contribution in [3.8, 4) is 0 Å². The Morgan fingerprint density at radius 3 is 2.67 bits per heavy atom. The smallest absolute Gasteiger partial charge is 0.331 e. The number of esters is 1. The highest BCUT2D eigenvalue weighted by atomic mass is 16.6. The average Bonchev–Trinajstić information content (AvgIpc) is 3.06. The number of carbonyl (C=O) groups excluding carboxylic acids is 2. The van der Waals surface area contributed by atoms with E-state index in [0.29, 0.717) is 5.92 Å². The summed E-state index contributed by atoms with van der Waals surface area (Å²) in [6, 6.07) is 10.1. The highest BCUT2D eigenvalue weighted by Gasteiger charge is 2.64. The molecule has 0 bridgehead atoms. The Morgan fingerprint density at radius 1 is 1.09 bits per heavy atom. The van der Waals surface area contributed by atoms with Crippen molar-refractivity contribution in [2.24, 2.45) is 23.7 Å². The number of allylic oxidation sites excluding steroid dienone is 3. The second-order valence-electron chi connectivity index (χ2n) is 10.2. The van der Waals surface area contributed by atoms with Gasteiger partial charge in [0.15, 0.2) is 0 Å². The van der Waals surface area contributed by atoms with Gasteiger partial charge in [0, 0.05) is 24.0 Å². The molecule has 176 valence electrons. The fraction of sp³-hybridized carbons (Fsp3) is 0.517. The third-order valence-corrected chi connectivity index (χ3v) is 7.82. The van der Waals surface area contributed by atoms with Gasteiger partial charge in [-0.2, -0.15) is 0 Å². The van der Waals surface area contributed by atoms with Gasteiger partial charge >= 0.3 is 5.97 Å². The van der Waals surface area contributed by atoms with E-state index in [0.717, 1.165) is 32.1 Å². The number of nitrogens with one attached hydrogen (secondary N) is 1. The van der Waals surface area contributed by atoms with Crippen LogP contribution >= 0.6 is 0 Å². The van der Waals surface area contributed by atoms with Crippen LogP contribution < -0.4 is 5.32 Å². The van der Waals surface area contributed by atoms with Crippen LogP contribution in [0.3, 0.4) is 0 Å². The molecule has 1 saturated heterocycles. The van der Waals surface area contributed by atoms with E-state index in [1.165, 1.54) is 23.6 Å². The molecule has 2 heterocycles. The third kappa shape index (κ3) is 4.85. The molecular weight excluding hydrogens is 410 g/mol. The Morgan fingerprint density at radius 2 is 1.88 bits per heavy atom. The van der Waals surface area contributed by atoms with Crippen LogP contribution in [0.25, 0.3) is 0 Å². The summed E-state index contributed by atoms with van der Waals surface area (Å²) < 4.78 is 6.20. The molecule has 0 saturated carbocycles. The summed E-state index contributed by atoms with van der Waals surface area (Å²) in [5, 5.41) is 3.24. The zero-order valence-electron chi connectivity index (χ0n) is 20.1. The number of hydrogen-bond donors (Lipinski definition) is 1. The van der Waals surface area contributed by atoms with Gasteiger partial charge < -0.3 is 10.1 Å². The van der Waals surface area contributed by atoms with Crippen LogP contribution in [0.1, 0.15) is 58.4 Å². The molecule has 1 amide bonds. The molecule has 1 spiro atoms. The van der Waals surface area contributed by atoms with Crippen molar-refractivity contribution >= 4 is 11.9 Å². The van der Waals surface area contributed by atoms with E-state index in [1.807, 2.05) is 24.3 Å². The topological polar surface area (TPSA) is 55.4 Å². The van der Waals surface area contributed by atoms with Gasteiger partial charge in [0.1, 0.15) is 0 Å². The van der Waals surface area contributed by atoms with Gasteiger partial charge in [0.2, 0.25) is 5.60 Å². The summed E-state index contributed by atoms with van der Waals surface area (Å²) in [5.74, 6) is -0.269. The van der Waals surface area contributed by atoms with Gasteiger partial charge in [-0.1, -0.05) is 86.9 Å². The molecule has 6 atom stereocenters. The maximum absolute atomic E-state index is 13.7. The lowest BCUT2D eigenvalue weighted by molar-refractivity contribution is -0.172. The first kappa shape index (κ1) is 23.5. The van der Waals surface area contributed by atoms with E-state index in [9.17, 15) is 9.59 Å². The number of ether oxygens (including phenoxy) is 1. The lowest BCUT2D eigenvalue weighted by atomic mass is 9.63. The normalized spacial score (nSPS) is 36.9. The molecule has 0 radical (unpaired) electrons. The van der Waals surface area contributed by atoms with E-state index in [-0.39, 0.29) is 29.7 Å². The van der Waals surface area contributed by atoms with Crippen LogP contribution in [0.5, 0.6) is 0 Å². The monoisotopic (exact) mass is 447 g/mol. The van der Waals surface area contributed by atoms with Crippen molar-refractivity contribution in [3.05, 3.63) is 71.8 Å². The maximum atomic E-state index is 13.7. The first-order valence-corrected chi connectivity index (χ1v) is 12.5. The van der Waals surface area contributed by atoms with E-state index in [2.05, 4.69) is 56.4 Å². The fourth-order valence-electron chi connectivity index (χ4n) is 5.89. The summed E-state index contributed by atoms with van der Waals surface area (Å²) in [6.07, 6.45) is 15.8. The molecule has 33 heavy (non-hydrogen) atoms. The van der Waals surface area contributed by atoms with Gasteiger partial charge in [-0.25, -0.2) is 4.79 Å². The Balaban J connectivity index is 1.75. The predicted octanol–water partition coefficient (Wildman–Crippen LogP) is 5.55. The maximum Gasteiger partial charge on any atom is 0.331 e. The lowest BCUT2D eigenvalue weighted by Gasteiger charge is -2.44. The summed E-state index contributed by atoms with van der Waals surface area (Å²) in [7, 11) is 0. The van der Waals surface area contributed by atoms with Crippen LogP contribution in [-0.4, -0.2) is 23.5 Å². The molecule has 1 fully saturated rings. The summed E-state index contributed by atoms with van der Waals surface area (Å²) >= 11 is 0. The quantitative estimate of drug-likeness (QED) is 0.478.